The number of nitrogens with zero attached hydrogens (tertiary/aromatic N) is 5. The number of nitrogens with one attached hydrogen (secondary N) is 1. The molecular formula is C17H30N6O. The Labute approximate surface area is 144 Å². The van der Waals surface area contributed by atoms with E-state index in [4.69, 9.17) is 0 Å². The van der Waals surface area contributed by atoms with Crippen LogP contribution >= 0.6 is 0 Å². The Kier molecular flexibility index (Phi) is 6.18. The number of amides is 1. The molecule has 3 rings (SSSR count). The summed E-state index contributed by atoms with van der Waals surface area (Å²) in [5.74, 6) is 1.83. The van der Waals surface area contributed by atoms with Gasteiger partial charge in [0, 0.05) is 32.1 Å². The second-order valence-corrected chi connectivity index (χ2v) is 7.29. The molecule has 0 radical (unpaired) electrons. The molecule has 1 aliphatic carbocycles. The van der Waals surface area contributed by atoms with Crippen LogP contribution < -0.4 is 5.32 Å². The number of aryl methyl sites for hydroxylation is 1. The second kappa shape index (κ2) is 8.55. The molecule has 2 aliphatic rings. The van der Waals surface area contributed by atoms with Gasteiger partial charge >= 0.3 is 0 Å². The first kappa shape index (κ1) is 17.3. The largest absolute Gasteiger partial charge is 0.353 e. The molecule has 7 nitrogen and oxygen atoms in total. The molecule has 1 aromatic heterocycles. The average Bonchev–Trinajstić information content (AvgIpc) is 3.22. The standard InChI is InChI=1S/C17H30N6O/c1-2-9-23-16(19-20-21-23)13-22-10-7-15(8-11-22)18-17(24)12-14-5-3-4-6-14/h14-15H,2-13H2,1H3,(H,18,24). The topological polar surface area (TPSA) is 75.9 Å². The lowest BCUT2D eigenvalue weighted by Gasteiger charge is -2.32. The molecule has 1 saturated heterocycles. The smallest absolute Gasteiger partial charge is 0.220 e. The molecule has 1 amide bonds. The van der Waals surface area contributed by atoms with Gasteiger partial charge in [0.1, 0.15) is 0 Å². The first-order chi connectivity index (χ1) is 11.7. The van der Waals surface area contributed by atoms with Crippen molar-refractivity contribution in [3.8, 4) is 0 Å². The van der Waals surface area contributed by atoms with Crippen molar-refractivity contribution >= 4 is 5.91 Å². The fourth-order valence-electron chi connectivity index (χ4n) is 3.92. The summed E-state index contributed by atoms with van der Waals surface area (Å²) in [6.45, 7) is 5.79. The molecule has 2 heterocycles. The van der Waals surface area contributed by atoms with Crippen LogP contribution in [0.15, 0.2) is 0 Å². The highest BCUT2D eigenvalue weighted by molar-refractivity contribution is 5.76. The predicted octanol–water partition coefficient (Wildman–Crippen LogP) is 1.74. The zero-order valence-corrected chi connectivity index (χ0v) is 14.8. The molecule has 0 bridgehead atoms. The van der Waals surface area contributed by atoms with Crippen LogP contribution in [0.1, 0.15) is 64.1 Å². The van der Waals surface area contributed by atoms with Gasteiger partial charge < -0.3 is 5.32 Å². The summed E-state index contributed by atoms with van der Waals surface area (Å²) in [5.41, 5.74) is 0. The molecule has 1 N–H and O–H groups in total. The number of rotatable bonds is 7. The van der Waals surface area contributed by atoms with Crippen molar-refractivity contribution in [1.29, 1.82) is 0 Å². The highest BCUT2D eigenvalue weighted by atomic mass is 16.1. The van der Waals surface area contributed by atoms with E-state index in [1.165, 1.54) is 25.7 Å². The zero-order valence-electron chi connectivity index (χ0n) is 14.8. The van der Waals surface area contributed by atoms with E-state index in [0.717, 1.165) is 57.7 Å². The van der Waals surface area contributed by atoms with Crippen LogP contribution in [0.3, 0.4) is 0 Å². The predicted molar refractivity (Wildman–Crippen MR) is 91.1 cm³/mol. The van der Waals surface area contributed by atoms with Crippen molar-refractivity contribution < 1.29 is 4.79 Å². The van der Waals surface area contributed by atoms with Crippen molar-refractivity contribution in [2.45, 2.75) is 77.4 Å². The Morgan fingerprint density at radius 1 is 1.21 bits per heavy atom. The van der Waals surface area contributed by atoms with Crippen LogP contribution in [0.4, 0.5) is 0 Å². The fourth-order valence-corrected chi connectivity index (χ4v) is 3.92. The highest BCUT2D eigenvalue weighted by Gasteiger charge is 2.24. The highest BCUT2D eigenvalue weighted by Crippen LogP contribution is 2.27. The maximum Gasteiger partial charge on any atom is 0.220 e. The van der Waals surface area contributed by atoms with Gasteiger partial charge in [-0.2, -0.15) is 0 Å². The van der Waals surface area contributed by atoms with E-state index in [-0.39, 0.29) is 5.91 Å². The fraction of sp³-hybridized carbons (Fsp3) is 0.882. The number of aromatic nitrogens is 4. The molecule has 1 aliphatic heterocycles. The minimum Gasteiger partial charge on any atom is -0.353 e. The lowest BCUT2D eigenvalue weighted by molar-refractivity contribution is -0.123. The molecule has 7 heteroatoms. The molecule has 1 saturated carbocycles. The van der Waals surface area contributed by atoms with E-state index in [0.29, 0.717) is 12.0 Å². The lowest BCUT2D eigenvalue weighted by atomic mass is 10.0. The third-order valence-corrected chi connectivity index (χ3v) is 5.31. The Morgan fingerprint density at radius 2 is 1.96 bits per heavy atom. The number of tetrazole rings is 1. The van der Waals surface area contributed by atoms with E-state index >= 15 is 0 Å². The summed E-state index contributed by atoms with van der Waals surface area (Å²) in [6.07, 6.45) is 8.87. The number of carbonyl (C=O) groups excluding carboxylic acids is 1. The van der Waals surface area contributed by atoms with E-state index in [2.05, 4.69) is 32.7 Å². The van der Waals surface area contributed by atoms with Crippen LogP contribution in [-0.2, 0) is 17.9 Å². The van der Waals surface area contributed by atoms with Crippen LogP contribution in [0.5, 0.6) is 0 Å². The Hall–Kier alpha value is -1.50. The number of hydrogen-bond donors (Lipinski definition) is 1. The Morgan fingerprint density at radius 3 is 2.67 bits per heavy atom. The Bertz CT molecular complexity index is 517. The number of hydrogen-bond acceptors (Lipinski definition) is 5. The molecule has 0 atom stereocenters. The van der Waals surface area contributed by atoms with Gasteiger partial charge in [0.25, 0.3) is 0 Å². The van der Waals surface area contributed by atoms with Gasteiger partial charge in [-0.3, -0.25) is 9.69 Å². The zero-order chi connectivity index (χ0) is 16.8. The number of piperidine rings is 1. The molecule has 134 valence electrons. The van der Waals surface area contributed by atoms with E-state index in [1.54, 1.807) is 0 Å². The van der Waals surface area contributed by atoms with Crippen LogP contribution in [-0.4, -0.2) is 50.1 Å². The van der Waals surface area contributed by atoms with E-state index in [9.17, 15) is 4.79 Å². The number of likely N-dealkylation sites (tertiary alicyclic amines) is 1. The third-order valence-electron chi connectivity index (χ3n) is 5.31. The van der Waals surface area contributed by atoms with Crippen LogP contribution in [0.25, 0.3) is 0 Å². The lowest BCUT2D eigenvalue weighted by Crippen LogP contribution is -2.44. The second-order valence-electron chi connectivity index (χ2n) is 7.29. The molecule has 0 spiro atoms. The summed E-state index contributed by atoms with van der Waals surface area (Å²) >= 11 is 0. The Balaban J connectivity index is 1.39. The van der Waals surface area contributed by atoms with Crippen molar-refractivity contribution in [3.05, 3.63) is 5.82 Å². The van der Waals surface area contributed by atoms with Gasteiger partial charge in [0.15, 0.2) is 5.82 Å². The van der Waals surface area contributed by atoms with Gasteiger partial charge in [-0.05, 0) is 48.4 Å². The molecular weight excluding hydrogens is 304 g/mol. The molecule has 1 aromatic rings. The van der Waals surface area contributed by atoms with Crippen LogP contribution in [0.2, 0.25) is 0 Å². The van der Waals surface area contributed by atoms with Gasteiger partial charge in [-0.25, -0.2) is 4.68 Å². The van der Waals surface area contributed by atoms with Gasteiger partial charge in [-0.1, -0.05) is 19.8 Å². The summed E-state index contributed by atoms with van der Waals surface area (Å²) in [7, 11) is 0. The maximum atomic E-state index is 12.2. The summed E-state index contributed by atoms with van der Waals surface area (Å²) in [4.78, 5) is 14.6. The summed E-state index contributed by atoms with van der Waals surface area (Å²) < 4.78 is 1.90. The number of carbonyl (C=O) groups is 1. The SMILES string of the molecule is CCCn1nnnc1CN1CCC(NC(=O)CC2CCCC2)CC1. The molecule has 0 unspecified atom stereocenters. The van der Waals surface area contributed by atoms with Gasteiger partial charge in [0.05, 0.1) is 6.54 Å². The van der Waals surface area contributed by atoms with Crippen molar-refractivity contribution in [2.24, 2.45) is 5.92 Å². The van der Waals surface area contributed by atoms with Crippen molar-refractivity contribution in [2.75, 3.05) is 13.1 Å². The molecule has 24 heavy (non-hydrogen) atoms. The van der Waals surface area contributed by atoms with Gasteiger partial charge in [-0.15, -0.1) is 5.10 Å². The molecule has 2 fully saturated rings. The average molecular weight is 334 g/mol. The quantitative estimate of drug-likeness (QED) is 0.822. The first-order valence-electron chi connectivity index (χ1n) is 9.51. The minimum atomic E-state index is 0.257. The summed E-state index contributed by atoms with van der Waals surface area (Å²) in [5, 5.41) is 15.2. The molecule has 0 aromatic carbocycles. The van der Waals surface area contributed by atoms with Crippen LogP contribution in [0, 0.1) is 5.92 Å². The van der Waals surface area contributed by atoms with Crippen molar-refractivity contribution in [1.82, 2.24) is 30.4 Å². The van der Waals surface area contributed by atoms with E-state index < -0.39 is 0 Å². The minimum absolute atomic E-state index is 0.257. The monoisotopic (exact) mass is 334 g/mol. The van der Waals surface area contributed by atoms with Crippen molar-refractivity contribution in [3.63, 3.8) is 0 Å². The first-order valence-corrected chi connectivity index (χ1v) is 9.51. The van der Waals surface area contributed by atoms with Gasteiger partial charge in [0.2, 0.25) is 5.91 Å². The van der Waals surface area contributed by atoms with E-state index in [1.807, 2.05) is 4.68 Å². The summed E-state index contributed by atoms with van der Waals surface area (Å²) in [6, 6.07) is 0.335. The third kappa shape index (κ3) is 4.75. The normalized spacial score (nSPS) is 20.5. The maximum absolute atomic E-state index is 12.2.